The lowest BCUT2D eigenvalue weighted by Gasteiger charge is -2.34. The molecule has 0 aliphatic carbocycles. The van der Waals surface area contributed by atoms with Crippen molar-refractivity contribution in [1.29, 1.82) is 0 Å². The fraction of sp³-hybridized carbons (Fsp3) is 0.857. The minimum atomic E-state index is -1.20. The molecule has 1 aliphatic heterocycles. The highest BCUT2D eigenvalue weighted by Crippen LogP contribution is 2.11. The topological polar surface area (TPSA) is 132 Å². The van der Waals surface area contributed by atoms with E-state index in [1.165, 1.54) is 0 Å². The Bertz CT molecular complexity index is 799. The second-order valence-corrected chi connectivity index (χ2v) is 13.2. The molecule has 232 valence electrons. The fourth-order valence-corrected chi connectivity index (χ4v) is 4.06. The highest BCUT2D eigenvalue weighted by atomic mass is 16.6. The molecule has 12 heteroatoms. The van der Waals surface area contributed by atoms with Crippen LogP contribution < -0.4 is 5.11 Å². The first kappa shape index (κ1) is 35.7. The van der Waals surface area contributed by atoms with Gasteiger partial charge in [-0.2, -0.15) is 0 Å². The zero-order valence-electron chi connectivity index (χ0n) is 26.0. The Balaban J connectivity index is 3.13. The summed E-state index contributed by atoms with van der Waals surface area (Å²) in [4.78, 5) is 56.8. The van der Waals surface area contributed by atoms with E-state index in [0.29, 0.717) is 52.4 Å². The van der Waals surface area contributed by atoms with Crippen LogP contribution in [-0.4, -0.2) is 139 Å². The second-order valence-electron chi connectivity index (χ2n) is 13.2. The van der Waals surface area contributed by atoms with Gasteiger partial charge < -0.3 is 24.1 Å². The number of carboxylic acids is 1. The standard InChI is InChI=1S/C28H52N4O8/c1-26(2,3)38-23(35)19-30-12-10-29(18-22(33)34)11-13-31(20-24(36)39-27(4,5)6)15-17-32(16-14-30)21-25(37)40-28(7,8)9/h10-21H2,1-9H3,(H,33,34)/p-1. The zero-order chi connectivity index (χ0) is 30.7. The molecule has 0 radical (unpaired) electrons. The monoisotopic (exact) mass is 571 g/mol. The van der Waals surface area contributed by atoms with Crippen LogP contribution in [0.25, 0.3) is 0 Å². The first-order valence-corrected chi connectivity index (χ1v) is 14.0. The van der Waals surface area contributed by atoms with Crippen LogP contribution in [-0.2, 0) is 33.4 Å². The fourth-order valence-electron chi connectivity index (χ4n) is 4.06. The summed E-state index contributed by atoms with van der Waals surface area (Å²) < 4.78 is 16.5. The maximum absolute atomic E-state index is 12.7. The SMILES string of the molecule is CC(C)(C)OC(=O)CN1CCN(CC(=O)[O-])CCN(CC(=O)OC(C)(C)C)CCN(CC(=O)OC(C)(C)C)CC1. The Morgan fingerprint density at radius 3 is 0.850 bits per heavy atom. The van der Waals surface area contributed by atoms with E-state index in [9.17, 15) is 24.3 Å². The first-order chi connectivity index (χ1) is 18.2. The molecule has 0 N–H and O–H groups in total. The summed E-state index contributed by atoms with van der Waals surface area (Å²) in [6, 6.07) is 0. The number of ether oxygens (including phenoxy) is 3. The lowest BCUT2D eigenvalue weighted by atomic mass is 10.2. The minimum Gasteiger partial charge on any atom is -0.549 e. The summed E-state index contributed by atoms with van der Waals surface area (Å²) in [5, 5.41) is 11.4. The van der Waals surface area contributed by atoms with Gasteiger partial charge in [-0.05, 0) is 62.3 Å². The molecular formula is C28H51N4O8-. The number of nitrogens with zero attached hydrogens (tertiary/aromatic N) is 4. The highest BCUT2D eigenvalue weighted by Gasteiger charge is 2.25. The van der Waals surface area contributed by atoms with Gasteiger partial charge in [0.1, 0.15) is 16.8 Å². The van der Waals surface area contributed by atoms with Gasteiger partial charge in [0.05, 0.1) is 25.6 Å². The molecule has 12 nitrogen and oxygen atoms in total. The molecule has 40 heavy (non-hydrogen) atoms. The first-order valence-electron chi connectivity index (χ1n) is 14.0. The molecule has 1 rings (SSSR count). The van der Waals surface area contributed by atoms with Gasteiger partial charge in [-0.1, -0.05) is 0 Å². The number of hydrogen-bond acceptors (Lipinski definition) is 12. The third kappa shape index (κ3) is 18.1. The minimum absolute atomic E-state index is 0.0292. The third-order valence-electron chi connectivity index (χ3n) is 5.60. The van der Waals surface area contributed by atoms with Gasteiger partial charge in [0.25, 0.3) is 0 Å². The van der Waals surface area contributed by atoms with Crippen LogP contribution in [0, 0.1) is 0 Å². The van der Waals surface area contributed by atoms with Crippen molar-refractivity contribution in [2.75, 3.05) is 78.5 Å². The average Bonchev–Trinajstić information content (AvgIpc) is 2.71. The molecule has 0 saturated carbocycles. The van der Waals surface area contributed by atoms with Gasteiger partial charge >= 0.3 is 17.9 Å². The molecule has 0 aromatic rings. The Morgan fingerprint density at radius 2 is 0.675 bits per heavy atom. The lowest BCUT2D eigenvalue weighted by Crippen LogP contribution is -2.50. The van der Waals surface area contributed by atoms with E-state index >= 15 is 0 Å². The predicted molar refractivity (Wildman–Crippen MR) is 148 cm³/mol. The average molecular weight is 572 g/mol. The number of rotatable bonds is 8. The number of esters is 3. The number of aliphatic carboxylic acids is 1. The maximum atomic E-state index is 12.7. The maximum Gasteiger partial charge on any atom is 0.320 e. The summed E-state index contributed by atoms with van der Waals surface area (Å²) in [5.74, 6) is -2.33. The second kappa shape index (κ2) is 15.6. The van der Waals surface area contributed by atoms with Crippen LogP contribution in [0.5, 0.6) is 0 Å². The Hall–Kier alpha value is -2.28. The number of carbonyl (C=O) groups excluding carboxylic acids is 4. The summed E-state index contributed by atoms with van der Waals surface area (Å²) >= 11 is 0. The van der Waals surface area contributed by atoms with Gasteiger partial charge in [0, 0.05) is 58.9 Å². The highest BCUT2D eigenvalue weighted by molar-refractivity contribution is 5.73. The van der Waals surface area contributed by atoms with E-state index in [4.69, 9.17) is 14.2 Å². The molecule has 0 aromatic heterocycles. The molecule has 0 unspecified atom stereocenters. The largest absolute Gasteiger partial charge is 0.549 e. The van der Waals surface area contributed by atoms with Gasteiger partial charge in [0.2, 0.25) is 0 Å². The summed E-state index contributed by atoms with van der Waals surface area (Å²) in [6.07, 6.45) is 0. The van der Waals surface area contributed by atoms with Gasteiger partial charge in [-0.25, -0.2) is 0 Å². The van der Waals surface area contributed by atoms with E-state index in [1.54, 1.807) is 46.4 Å². The number of carbonyl (C=O) groups is 4. The number of hydrogen-bond donors (Lipinski definition) is 0. The van der Waals surface area contributed by atoms with Crippen molar-refractivity contribution >= 4 is 23.9 Å². The summed E-state index contributed by atoms with van der Waals surface area (Å²) in [5.41, 5.74) is -1.90. The molecular weight excluding hydrogens is 520 g/mol. The van der Waals surface area contributed by atoms with Gasteiger partial charge in [0.15, 0.2) is 0 Å². The molecule has 0 amide bonds. The quantitative estimate of drug-likeness (QED) is 0.287. The Kier molecular flexibility index (Phi) is 14.0. The lowest BCUT2D eigenvalue weighted by molar-refractivity contribution is -0.306. The van der Waals surface area contributed by atoms with Gasteiger partial charge in [-0.3, -0.25) is 34.0 Å². The van der Waals surface area contributed by atoms with Gasteiger partial charge in [-0.15, -0.1) is 0 Å². The van der Waals surface area contributed by atoms with Crippen molar-refractivity contribution in [2.24, 2.45) is 0 Å². The van der Waals surface area contributed by atoms with Crippen LogP contribution in [0.4, 0.5) is 0 Å². The van der Waals surface area contributed by atoms with E-state index < -0.39 is 22.8 Å². The molecule has 0 aromatic carbocycles. The van der Waals surface area contributed by atoms with Crippen molar-refractivity contribution in [3.63, 3.8) is 0 Å². The molecule has 1 aliphatic rings. The molecule has 1 fully saturated rings. The van der Waals surface area contributed by atoms with Crippen molar-refractivity contribution in [2.45, 2.75) is 79.1 Å². The molecule has 1 heterocycles. The van der Waals surface area contributed by atoms with E-state index in [-0.39, 0.29) is 44.1 Å². The molecule has 1 saturated heterocycles. The molecule has 0 bridgehead atoms. The number of carboxylic acid groups (broad SMARTS) is 1. The summed E-state index contributed by atoms with van der Waals surface area (Å²) in [7, 11) is 0. The Morgan fingerprint density at radius 1 is 0.475 bits per heavy atom. The normalized spacial score (nSPS) is 18.3. The van der Waals surface area contributed by atoms with Crippen LogP contribution in [0.2, 0.25) is 0 Å². The van der Waals surface area contributed by atoms with Crippen LogP contribution in [0.3, 0.4) is 0 Å². The molecule has 0 atom stereocenters. The van der Waals surface area contributed by atoms with Crippen molar-refractivity contribution in [3.8, 4) is 0 Å². The van der Waals surface area contributed by atoms with Crippen LogP contribution >= 0.6 is 0 Å². The van der Waals surface area contributed by atoms with Crippen LogP contribution in [0.15, 0.2) is 0 Å². The van der Waals surface area contributed by atoms with Crippen molar-refractivity contribution in [3.05, 3.63) is 0 Å². The van der Waals surface area contributed by atoms with Crippen molar-refractivity contribution < 1.29 is 38.5 Å². The van der Waals surface area contributed by atoms with Crippen LogP contribution in [0.1, 0.15) is 62.3 Å². The Labute approximate surface area is 239 Å². The smallest absolute Gasteiger partial charge is 0.320 e. The predicted octanol–water partition coefficient (Wildman–Crippen LogP) is -0.0170. The van der Waals surface area contributed by atoms with Crippen molar-refractivity contribution in [1.82, 2.24) is 19.6 Å². The van der Waals surface area contributed by atoms with E-state index in [2.05, 4.69) is 0 Å². The van der Waals surface area contributed by atoms with E-state index in [1.807, 2.05) is 35.5 Å². The molecule has 0 spiro atoms. The third-order valence-corrected chi connectivity index (χ3v) is 5.60. The van der Waals surface area contributed by atoms with E-state index in [0.717, 1.165) is 0 Å². The zero-order valence-corrected chi connectivity index (χ0v) is 26.0. The summed E-state index contributed by atoms with van der Waals surface area (Å²) in [6.45, 7) is 19.4.